The number of nitrogens with two attached hydrogens (primary N) is 1. The highest BCUT2D eigenvalue weighted by Gasteiger charge is 2.50. The Labute approximate surface area is 382 Å². The molecule has 11 N–H and O–H groups in total. The van der Waals surface area contributed by atoms with Crippen molar-refractivity contribution in [3.8, 4) is 0 Å². The van der Waals surface area contributed by atoms with Crippen molar-refractivity contribution in [2.45, 2.75) is 95.9 Å². The standard InChI is InChI=1S/C36H56N7O19P3S/c1-36(2,31(49)34(50)39-17-16-25(44)38-18-19-66-27(47)15-13-11-9-7-5-3-4-6-8-10-12-14-26(45)46)21-59-65(56,57)62-64(54,55)58-20-24-30(61-63(51,52)53)29(48)35(60-24)43-23-42-28-32(37)40-22-41-33(28)43/h3,5,7,9,11,13,22-24,29-31,35,48-49H,4,6,8,10,12,14-21H2,1-2H3,(H,38,44)(H,39,50)(H,45,46)(H,54,55)(H,56,57)(H2,37,40,41)(H2,51,52,53)/b5-3+,9-7+,13-11+. The predicted molar refractivity (Wildman–Crippen MR) is 234 cm³/mol. The first-order valence-corrected chi connectivity index (χ1v) is 25.7. The number of phosphoric ester groups is 3. The van der Waals surface area contributed by atoms with Crippen LogP contribution in [0.3, 0.4) is 0 Å². The molecular weight excluding hydrogens is 959 g/mol. The van der Waals surface area contributed by atoms with Gasteiger partial charge in [-0.25, -0.2) is 28.6 Å². The fourth-order valence-corrected chi connectivity index (χ4v) is 9.27. The largest absolute Gasteiger partial charge is 0.481 e. The second-order valence-electron chi connectivity index (χ2n) is 15.1. The Morgan fingerprint density at radius 3 is 2.32 bits per heavy atom. The number of nitrogens with one attached hydrogen (secondary N) is 2. The summed E-state index contributed by atoms with van der Waals surface area (Å²) >= 11 is 1.03. The van der Waals surface area contributed by atoms with Crippen LogP contribution in [0.15, 0.2) is 49.1 Å². The Morgan fingerprint density at radius 1 is 0.939 bits per heavy atom. The number of ether oxygens (including phenoxy) is 1. The number of nitrogen functional groups attached to an aromatic ring is 1. The lowest BCUT2D eigenvalue weighted by Gasteiger charge is -2.30. The van der Waals surface area contributed by atoms with Gasteiger partial charge in [0.25, 0.3) is 0 Å². The van der Waals surface area contributed by atoms with Gasteiger partial charge in [-0.1, -0.05) is 74.9 Å². The lowest BCUT2D eigenvalue weighted by Crippen LogP contribution is -2.46. The van der Waals surface area contributed by atoms with E-state index in [0.717, 1.165) is 54.7 Å². The number of unbranched alkanes of at least 4 members (excludes halogenated alkanes) is 4. The fourth-order valence-electron chi connectivity index (χ4n) is 5.79. The summed E-state index contributed by atoms with van der Waals surface area (Å²) in [5.41, 5.74) is 4.24. The molecule has 3 heterocycles. The number of carbonyl (C=O) groups excluding carboxylic acids is 3. The fraction of sp³-hybridized carbons (Fsp3) is 0.583. The highest BCUT2D eigenvalue weighted by molar-refractivity contribution is 8.13. The Kier molecular flexibility index (Phi) is 22.9. The van der Waals surface area contributed by atoms with E-state index in [9.17, 15) is 62.7 Å². The minimum absolute atomic E-state index is 0.0238. The summed E-state index contributed by atoms with van der Waals surface area (Å²) in [5.74, 6) is -1.98. The molecule has 1 saturated heterocycles. The van der Waals surface area contributed by atoms with Crippen molar-refractivity contribution in [2.24, 2.45) is 5.41 Å². The van der Waals surface area contributed by atoms with Crippen LogP contribution in [0.25, 0.3) is 11.2 Å². The maximum Gasteiger partial charge on any atom is 0.481 e. The number of carboxylic acids is 1. The van der Waals surface area contributed by atoms with E-state index in [-0.39, 0.29) is 54.4 Å². The third-order valence-corrected chi connectivity index (χ3v) is 13.2. The lowest BCUT2D eigenvalue weighted by atomic mass is 9.87. The number of imidazole rings is 1. The zero-order chi connectivity index (χ0) is 49.1. The molecule has 0 radical (unpaired) electrons. The molecule has 370 valence electrons. The van der Waals surface area contributed by atoms with Crippen LogP contribution in [-0.2, 0) is 55.5 Å². The van der Waals surface area contributed by atoms with Crippen LogP contribution in [-0.4, -0.2) is 134 Å². The summed E-state index contributed by atoms with van der Waals surface area (Å²) < 4.78 is 62.3. The number of amides is 2. The number of phosphoric acid groups is 3. The van der Waals surface area contributed by atoms with Crippen LogP contribution in [0.1, 0.15) is 71.4 Å². The highest BCUT2D eigenvalue weighted by Crippen LogP contribution is 2.61. The van der Waals surface area contributed by atoms with Crippen molar-refractivity contribution >= 4 is 75.1 Å². The predicted octanol–water partition coefficient (Wildman–Crippen LogP) is 2.15. The number of rotatable bonds is 30. The monoisotopic (exact) mass is 1020 g/mol. The number of anilines is 1. The molecule has 0 aromatic carbocycles. The van der Waals surface area contributed by atoms with Gasteiger partial charge in [-0.3, -0.25) is 37.3 Å². The highest BCUT2D eigenvalue weighted by atomic mass is 32.2. The molecule has 1 aliphatic heterocycles. The van der Waals surface area contributed by atoms with Crippen LogP contribution < -0.4 is 16.4 Å². The molecule has 30 heteroatoms. The van der Waals surface area contributed by atoms with Crippen molar-refractivity contribution in [1.82, 2.24) is 30.2 Å². The Bertz CT molecular complexity index is 2190. The molecule has 2 aromatic heterocycles. The van der Waals surface area contributed by atoms with E-state index in [1.165, 1.54) is 13.8 Å². The van der Waals surface area contributed by atoms with E-state index in [1.54, 1.807) is 18.2 Å². The molecule has 1 fully saturated rings. The number of allylic oxidation sites excluding steroid dienone is 6. The molecule has 7 atom stereocenters. The minimum Gasteiger partial charge on any atom is -0.481 e. The molecule has 26 nitrogen and oxygen atoms in total. The van der Waals surface area contributed by atoms with Crippen molar-refractivity contribution in [3.63, 3.8) is 0 Å². The normalized spacial score (nSPS) is 20.5. The zero-order valence-electron chi connectivity index (χ0n) is 35.8. The van der Waals surface area contributed by atoms with Gasteiger partial charge in [0.05, 0.1) is 19.5 Å². The number of carboxylic acid groups (broad SMARTS) is 1. The van der Waals surface area contributed by atoms with Crippen molar-refractivity contribution < 1.29 is 90.4 Å². The number of carbonyl (C=O) groups is 4. The molecule has 1 aliphatic rings. The van der Waals surface area contributed by atoms with Crippen LogP contribution in [0, 0.1) is 5.41 Å². The topological polar surface area (TPSA) is 401 Å². The number of hydrogen-bond acceptors (Lipinski definition) is 19. The molecule has 2 aromatic rings. The Balaban J connectivity index is 1.35. The summed E-state index contributed by atoms with van der Waals surface area (Å²) in [7, 11) is -16.4. The van der Waals surface area contributed by atoms with Gasteiger partial charge in [-0.2, -0.15) is 4.31 Å². The third kappa shape index (κ3) is 20.2. The van der Waals surface area contributed by atoms with Crippen LogP contribution >= 0.6 is 35.2 Å². The molecule has 0 saturated carbocycles. The average molecular weight is 1020 g/mol. The van der Waals surface area contributed by atoms with E-state index >= 15 is 0 Å². The zero-order valence-corrected chi connectivity index (χ0v) is 39.3. The van der Waals surface area contributed by atoms with Crippen molar-refractivity contribution in [2.75, 3.05) is 37.8 Å². The summed E-state index contributed by atoms with van der Waals surface area (Å²) in [5, 5.41) is 35.0. The first-order chi connectivity index (χ1) is 30.9. The lowest BCUT2D eigenvalue weighted by molar-refractivity contribution is -0.137. The second kappa shape index (κ2) is 26.7. The number of nitrogens with zero attached hydrogens (tertiary/aromatic N) is 4. The molecular formula is C36H56N7O19P3S. The SMILES string of the molecule is CC(C)(COP(=O)(O)OP(=O)(O)OCC1OC(n2cnc3c(N)ncnc32)C(O)C1OP(=O)(O)O)C(O)C(=O)NCCC(=O)NCCSC(=O)C/C=C/C=C/C=C/CCCCCCC(=O)O. The minimum atomic E-state index is -5.59. The molecule has 0 spiro atoms. The van der Waals surface area contributed by atoms with Crippen LogP contribution in [0.5, 0.6) is 0 Å². The number of thioether (sulfide) groups is 1. The second-order valence-corrected chi connectivity index (χ2v) is 20.5. The third-order valence-electron chi connectivity index (χ3n) is 9.17. The Hall–Kier alpha value is -3.75. The van der Waals surface area contributed by atoms with E-state index in [0.29, 0.717) is 12.2 Å². The maximum atomic E-state index is 12.7. The van der Waals surface area contributed by atoms with Crippen molar-refractivity contribution in [3.05, 3.63) is 49.1 Å². The summed E-state index contributed by atoms with van der Waals surface area (Å²) in [4.78, 5) is 98.5. The summed E-state index contributed by atoms with van der Waals surface area (Å²) in [6.07, 6.45) is 8.79. The van der Waals surface area contributed by atoms with E-state index in [4.69, 9.17) is 24.6 Å². The number of hydrogen-bond donors (Lipinski definition) is 10. The molecule has 66 heavy (non-hydrogen) atoms. The van der Waals surface area contributed by atoms with Gasteiger partial charge >= 0.3 is 29.4 Å². The van der Waals surface area contributed by atoms with Gasteiger partial charge in [-0.15, -0.1) is 0 Å². The van der Waals surface area contributed by atoms with Gasteiger partial charge in [0.2, 0.25) is 11.8 Å². The quantitative estimate of drug-likeness (QED) is 0.0304. The molecule has 0 bridgehead atoms. The van der Waals surface area contributed by atoms with Crippen LogP contribution in [0.2, 0.25) is 0 Å². The maximum absolute atomic E-state index is 12.7. The van der Waals surface area contributed by atoms with Crippen LogP contribution in [0.4, 0.5) is 5.82 Å². The number of aliphatic hydroxyl groups is 2. The van der Waals surface area contributed by atoms with Gasteiger partial charge < -0.3 is 56.0 Å². The van der Waals surface area contributed by atoms with E-state index < -0.39 is 90.5 Å². The summed E-state index contributed by atoms with van der Waals surface area (Å²) in [6, 6.07) is 0. The molecule has 7 unspecified atom stereocenters. The smallest absolute Gasteiger partial charge is 0.481 e. The average Bonchev–Trinajstić information content (AvgIpc) is 3.79. The first kappa shape index (κ1) is 56.6. The van der Waals surface area contributed by atoms with Gasteiger partial charge in [-0.05, 0) is 19.3 Å². The molecule has 0 aliphatic carbocycles. The van der Waals surface area contributed by atoms with Crippen molar-refractivity contribution in [1.29, 1.82) is 0 Å². The Morgan fingerprint density at radius 2 is 1.62 bits per heavy atom. The molecule has 2 amide bonds. The number of aliphatic carboxylic acids is 1. The number of aliphatic hydroxyl groups excluding tert-OH is 2. The first-order valence-electron chi connectivity index (χ1n) is 20.2. The molecule has 3 rings (SSSR count). The van der Waals surface area contributed by atoms with Gasteiger partial charge in [0.15, 0.2) is 22.8 Å². The number of fused-ring (bicyclic) bond motifs is 1. The van der Waals surface area contributed by atoms with E-state index in [1.807, 2.05) is 18.2 Å². The van der Waals surface area contributed by atoms with Gasteiger partial charge in [0.1, 0.15) is 36.3 Å². The van der Waals surface area contributed by atoms with E-state index in [2.05, 4.69) is 34.4 Å². The number of aromatic nitrogens is 4. The summed E-state index contributed by atoms with van der Waals surface area (Å²) in [6.45, 7) is 0.390. The van der Waals surface area contributed by atoms with Gasteiger partial charge in [0, 0.05) is 43.5 Å².